The monoisotopic (exact) mass is 376 g/mol. The average Bonchev–Trinajstić information content (AvgIpc) is 2.95. The number of cyclic esters (lactones) is 1. The van der Waals surface area contributed by atoms with Crippen molar-refractivity contribution in [1.82, 2.24) is 10.6 Å². The van der Waals surface area contributed by atoms with Crippen molar-refractivity contribution in [3.8, 4) is 0 Å². The van der Waals surface area contributed by atoms with E-state index < -0.39 is 6.09 Å². The van der Waals surface area contributed by atoms with E-state index in [1.807, 2.05) is 24.3 Å². The molecule has 7 nitrogen and oxygen atoms in total. The maximum absolute atomic E-state index is 12.1. The Morgan fingerprint density at radius 2 is 2.04 bits per heavy atom. The van der Waals surface area contributed by atoms with Crippen LogP contribution in [0.5, 0.6) is 0 Å². The quantitative estimate of drug-likeness (QED) is 0.781. The Hall–Kier alpha value is -2.30. The van der Waals surface area contributed by atoms with Crippen molar-refractivity contribution in [3.05, 3.63) is 41.2 Å². The van der Waals surface area contributed by atoms with Crippen molar-refractivity contribution in [2.45, 2.75) is 18.6 Å². The molecule has 1 aromatic rings. The van der Waals surface area contributed by atoms with Crippen LogP contribution in [0.25, 0.3) is 4.85 Å². The number of nitrogens with zero attached hydrogens (tertiary/aromatic N) is 2. The largest absolute Gasteiger partial charge is 0.442 e. The van der Waals surface area contributed by atoms with Crippen molar-refractivity contribution < 1.29 is 14.3 Å². The first-order valence-electron chi connectivity index (χ1n) is 8.48. The lowest BCUT2D eigenvalue weighted by Gasteiger charge is -2.15. The second-order valence-corrected chi connectivity index (χ2v) is 6.91. The molecule has 2 amide bonds. The summed E-state index contributed by atoms with van der Waals surface area (Å²) in [5.74, 6) is 0.650. The lowest BCUT2D eigenvalue weighted by Crippen LogP contribution is -2.33. The third-order valence-corrected chi connectivity index (χ3v) is 5.51. The molecule has 138 valence electrons. The van der Waals surface area contributed by atoms with E-state index >= 15 is 0 Å². The Morgan fingerprint density at radius 1 is 1.38 bits per heavy atom. The Morgan fingerprint density at radius 3 is 2.62 bits per heavy atom. The van der Waals surface area contributed by atoms with E-state index in [4.69, 9.17) is 11.3 Å². The van der Waals surface area contributed by atoms with Crippen LogP contribution in [0.4, 0.5) is 10.5 Å². The Kier molecular flexibility index (Phi) is 4.82. The summed E-state index contributed by atoms with van der Waals surface area (Å²) in [6, 6.07) is 7.68. The summed E-state index contributed by atoms with van der Waals surface area (Å²) in [5, 5.41) is 5.99. The maximum Gasteiger partial charge on any atom is 0.414 e. The van der Waals surface area contributed by atoms with Gasteiger partial charge in [-0.2, -0.15) is 0 Å². The van der Waals surface area contributed by atoms with Gasteiger partial charge < -0.3 is 20.2 Å². The van der Waals surface area contributed by atoms with Crippen molar-refractivity contribution in [1.29, 1.82) is 0 Å². The summed E-state index contributed by atoms with van der Waals surface area (Å²) in [7, 11) is 0. The molecule has 1 saturated carbocycles. The fraction of sp³-hybridized carbons (Fsp3) is 0.500. The first kappa shape index (κ1) is 18.5. The van der Waals surface area contributed by atoms with Crippen molar-refractivity contribution in [3.63, 3.8) is 0 Å². The van der Waals surface area contributed by atoms with Crippen LogP contribution in [-0.4, -0.2) is 44.3 Å². The van der Waals surface area contributed by atoms with E-state index in [0.29, 0.717) is 24.9 Å². The zero-order valence-corrected chi connectivity index (χ0v) is 15.2. The summed E-state index contributed by atoms with van der Waals surface area (Å²) in [6.07, 6.45) is -0.755. The number of carbonyl (C=O) groups is 2. The Balaban J connectivity index is 0.00000196. The lowest BCUT2D eigenvalue weighted by molar-refractivity contribution is -0.119. The van der Waals surface area contributed by atoms with Gasteiger partial charge in [-0.3, -0.25) is 9.69 Å². The Bertz CT molecular complexity index is 751. The lowest BCUT2D eigenvalue weighted by atomic mass is 10.00. The van der Waals surface area contributed by atoms with Gasteiger partial charge in [0.2, 0.25) is 5.91 Å². The highest BCUT2D eigenvalue weighted by molar-refractivity contribution is 5.89. The SMILES string of the molecule is Cl.[C-]#[N+]C1(c2ccc(N3C[C@H](CNC(C)=O)OC3=O)cc2)[C@@H]2CNC[C@@H]21. The minimum absolute atomic E-state index is 0. The van der Waals surface area contributed by atoms with Gasteiger partial charge in [-0.1, -0.05) is 0 Å². The molecule has 2 saturated heterocycles. The van der Waals surface area contributed by atoms with Gasteiger partial charge in [0.15, 0.2) is 0 Å². The minimum Gasteiger partial charge on any atom is -0.442 e. The third-order valence-electron chi connectivity index (χ3n) is 5.51. The number of amides is 2. The smallest absolute Gasteiger partial charge is 0.414 e. The molecular formula is C18H21ClN4O3. The molecular weight excluding hydrogens is 356 g/mol. The van der Waals surface area contributed by atoms with Crippen LogP contribution < -0.4 is 15.5 Å². The number of fused-ring (bicyclic) bond motifs is 1. The van der Waals surface area contributed by atoms with Gasteiger partial charge in [-0.15, -0.1) is 12.4 Å². The molecule has 8 heteroatoms. The molecule has 1 aliphatic carbocycles. The summed E-state index contributed by atoms with van der Waals surface area (Å²) < 4.78 is 5.29. The van der Waals surface area contributed by atoms with Crippen LogP contribution in [0.3, 0.4) is 0 Å². The molecule has 1 unspecified atom stereocenters. The van der Waals surface area contributed by atoms with Gasteiger partial charge in [-0.25, -0.2) is 11.4 Å². The summed E-state index contributed by atoms with van der Waals surface area (Å²) in [4.78, 5) is 28.6. The molecule has 2 heterocycles. The number of benzene rings is 1. The second kappa shape index (κ2) is 6.78. The maximum atomic E-state index is 12.1. The molecule has 4 rings (SSSR count). The molecule has 1 aromatic carbocycles. The molecule has 0 aromatic heterocycles. The molecule has 0 radical (unpaired) electrons. The summed E-state index contributed by atoms with van der Waals surface area (Å²) in [6.45, 7) is 11.6. The summed E-state index contributed by atoms with van der Waals surface area (Å²) in [5.41, 5.74) is 1.40. The summed E-state index contributed by atoms with van der Waals surface area (Å²) >= 11 is 0. The normalized spacial score (nSPS) is 31.5. The van der Waals surface area contributed by atoms with Crippen LogP contribution in [0, 0.1) is 18.4 Å². The second-order valence-electron chi connectivity index (χ2n) is 6.91. The van der Waals surface area contributed by atoms with Gasteiger partial charge in [0.05, 0.1) is 24.9 Å². The highest BCUT2D eigenvalue weighted by Crippen LogP contribution is 2.62. The number of halogens is 1. The van der Waals surface area contributed by atoms with Crippen molar-refractivity contribution in [2.24, 2.45) is 11.8 Å². The number of nitrogens with one attached hydrogen (secondary N) is 2. The van der Waals surface area contributed by atoms with E-state index in [2.05, 4.69) is 15.5 Å². The number of anilines is 1. The van der Waals surface area contributed by atoms with Crippen molar-refractivity contribution >= 4 is 30.1 Å². The minimum atomic E-state index is -0.407. The van der Waals surface area contributed by atoms with Gasteiger partial charge in [-0.05, 0) is 24.3 Å². The number of hydrogen-bond donors (Lipinski definition) is 2. The van der Waals surface area contributed by atoms with Crippen LogP contribution >= 0.6 is 12.4 Å². The molecule has 26 heavy (non-hydrogen) atoms. The third kappa shape index (κ3) is 2.79. The fourth-order valence-electron chi connectivity index (χ4n) is 4.17. The van der Waals surface area contributed by atoms with Gasteiger partial charge >= 0.3 is 6.09 Å². The number of rotatable bonds is 4. The molecule has 0 spiro atoms. The van der Waals surface area contributed by atoms with Gasteiger partial charge in [0, 0.05) is 31.3 Å². The fourth-order valence-corrected chi connectivity index (χ4v) is 4.17. The zero-order chi connectivity index (χ0) is 17.6. The van der Waals surface area contributed by atoms with E-state index in [-0.39, 0.29) is 30.0 Å². The number of ether oxygens (including phenoxy) is 1. The van der Waals surface area contributed by atoms with Gasteiger partial charge in [0.25, 0.3) is 5.54 Å². The van der Waals surface area contributed by atoms with E-state index in [1.54, 1.807) is 4.90 Å². The van der Waals surface area contributed by atoms with Crippen LogP contribution in [0.15, 0.2) is 24.3 Å². The molecule has 4 atom stereocenters. The Labute approximate surface area is 158 Å². The standard InChI is InChI=1S/C18H20N4O3.ClH/c1-11(23)21-7-14-10-22(17(24)25-14)13-5-3-12(4-6-13)18(19-2)15-8-20-9-16(15)18;/h3-6,14-16,20H,7-10H2,1H3,(H,21,23);1H/t14-,15-,16+,18?;/m0./s1. The van der Waals surface area contributed by atoms with Crippen LogP contribution in [0.1, 0.15) is 12.5 Å². The number of hydrogen-bond acceptors (Lipinski definition) is 4. The average molecular weight is 377 g/mol. The van der Waals surface area contributed by atoms with E-state index in [0.717, 1.165) is 24.3 Å². The molecule has 2 aliphatic heterocycles. The first-order valence-corrected chi connectivity index (χ1v) is 8.48. The topological polar surface area (TPSA) is 75.0 Å². The predicted molar refractivity (Wildman–Crippen MR) is 98.1 cm³/mol. The first-order chi connectivity index (χ1) is 12.1. The van der Waals surface area contributed by atoms with Crippen LogP contribution in [-0.2, 0) is 15.1 Å². The molecule has 3 aliphatic rings. The van der Waals surface area contributed by atoms with E-state index in [1.165, 1.54) is 6.92 Å². The zero-order valence-electron chi connectivity index (χ0n) is 14.4. The predicted octanol–water partition coefficient (Wildman–Crippen LogP) is 1.53. The molecule has 2 N–H and O–H groups in total. The molecule has 0 bridgehead atoms. The van der Waals surface area contributed by atoms with Gasteiger partial charge in [0.1, 0.15) is 6.10 Å². The van der Waals surface area contributed by atoms with E-state index in [9.17, 15) is 9.59 Å². The van der Waals surface area contributed by atoms with Crippen LogP contribution in [0.2, 0.25) is 0 Å². The molecule has 3 fully saturated rings. The number of piperidine rings is 1. The highest BCUT2D eigenvalue weighted by Gasteiger charge is 2.75. The number of carbonyl (C=O) groups excluding carboxylic acids is 2. The van der Waals surface area contributed by atoms with Crippen molar-refractivity contribution in [2.75, 3.05) is 31.1 Å². The highest BCUT2D eigenvalue weighted by atomic mass is 35.5.